The molecule has 0 radical (unpaired) electrons. The summed E-state index contributed by atoms with van der Waals surface area (Å²) in [6.45, 7) is 7.55. The van der Waals surface area contributed by atoms with E-state index in [9.17, 15) is 9.59 Å². The Balaban J connectivity index is 1.57. The summed E-state index contributed by atoms with van der Waals surface area (Å²) in [6.07, 6.45) is 0. The van der Waals surface area contributed by atoms with Gasteiger partial charge in [0.1, 0.15) is 0 Å². The Morgan fingerprint density at radius 2 is 1.66 bits per heavy atom. The molecule has 0 saturated carbocycles. The minimum Gasteiger partial charge on any atom is -0.411 e. The Morgan fingerprint density at radius 1 is 1.00 bits per heavy atom. The number of hydrogen-bond acceptors (Lipinski definition) is 6. The van der Waals surface area contributed by atoms with Gasteiger partial charge in [0, 0.05) is 22.2 Å². The number of aryl methyl sites for hydroxylation is 1. The van der Waals surface area contributed by atoms with E-state index in [4.69, 9.17) is 4.42 Å². The first kappa shape index (κ1) is 20.8. The number of rotatable bonds is 6. The zero-order chi connectivity index (χ0) is 21.0. The van der Waals surface area contributed by atoms with Gasteiger partial charge in [0.05, 0.1) is 5.75 Å². The number of amides is 1. The smallest absolute Gasteiger partial charge is 0.277 e. The Bertz CT molecular complexity index is 1000. The Morgan fingerprint density at radius 3 is 2.28 bits per heavy atom. The maximum Gasteiger partial charge on any atom is 0.277 e. The molecule has 0 bridgehead atoms. The van der Waals surface area contributed by atoms with Gasteiger partial charge < -0.3 is 9.73 Å². The van der Waals surface area contributed by atoms with Crippen molar-refractivity contribution in [2.75, 3.05) is 11.1 Å². The molecular weight excluding hydrogens is 386 g/mol. The van der Waals surface area contributed by atoms with Crippen molar-refractivity contribution in [3.8, 4) is 11.5 Å². The van der Waals surface area contributed by atoms with Crippen LogP contribution in [-0.2, 0) is 4.79 Å². The lowest BCUT2D eigenvalue weighted by Crippen LogP contribution is -2.27. The van der Waals surface area contributed by atoms with Gasteiger partial charge in [-0.2, -0.15) is 0 Å². The van der Waals surface area contributed by atoms with Gasteiger partial charge >= 0.3 is 0 Å². The lowest BCUT2D eigenvalue weighted by Gasteiger charge is -2.17. The number of benzene rings is 2. The van der Waals surface area contributed by atoms with E-state index in [0.717, 1.165) is 11.1 Å². The van der Waals surface area contributed by atoms with Crippen molar-refractivity contribution in [3.05, 3.63) is 59.7 Å². The summed E-state index contributed by atoms with van der Waals surface area (Å²) in [7, 11) is 0. The zero-order valence-electron chi connectivity index (χ0n) is 16.9. The third-order valence-electron chi connectivity index (χ3n) is 4.18. The molecule has 0 aliphatic carbocycles. The Labute approximate surface area is 174 Å². The molecule has 1 heterocycles. The average molecular weight is 410 g/mol. The second kappa shape index (κ2) is 8.61. The first-order valence-electron chi connectivity index (χ1n) is 9.20. The van der Waals surface area contributed by atoms with E-state index in [1.807, 2.05) is 52.0 Å². The molecular formula is C22H23N3O3S. The average Bonchev–Trinajstić information content (AvgIpc) is 3.15. The molecule has 1 amide bonds. The summed E-state index contributed by atoms with van der Waals surface area (Å²) in [5.74, 6) is 0.481. The molecule has 1 N–H and O–H groups in total. The first-order chi connectivity index (χ1) is 13.7. The number of nitrogens with zero attached hydrogens (tertiary/aromatic N) is 2. The number of carbonyl (C=O) groups excluding carboxylic acids is 2. The van der Waals surface area contributed by atoms with Crippen molar-refractivity contribution in [3.63, 3.8) is 0 Å². The summed E-state index contributed by atoms with van der Waals surface area (Å²) in [5, 5.41) is 11.2. The number of thioether (sulfide) groups is 1. The summed E-state index contributed by atoms with van der Waals surface area (Å²) in [6, 6.07) is 14.6. The Hall–Kier alpha value is -2.93. The van der Waals surface area contributed by atoms with Gasteiger partial charge in [0.2, 0.25) is 11.8 Å². The highest BCUT2D eigenvalue weighted by molar-refractivity contribution is 7.99. The topological polar surface area (TPSA) is 85.1 Å². The second-order valence-electron chi connectivity index (χ2n) is 7.73. The van der Waals surface area contributed by atoms with Crippen LogP contribution in [-0.4, -0.2) is 27.6 Å². The number of anilines is 1. The molecule has 3 aromatic rings. The van der Waals surface area contributed by atoms with Crippen LogP contribution in [0.15, 0.2) is 58.2 Å². The van der Waals surface area contributed by atoms with Crippen LogP contribution < -0.4 is 5.32 Å². The lowest BCUT2D eigenvalue weighted by molar-refractivity contribution is -0.123. The maximum absolute atomic E-state index is 12.4. The zero-order valence-corrected chi connectivity index (χ0v) is 17.7. The molecule has 1 aromatic heterocycles. The highest BCUT2D eigenvalue weighted by Crippen LogP contribution is 2.24. The van der Waals surface area contributed by atoms with Crippen LogP contribution in [0.4, 0.5) is 5.69 Å². The predicted molar refractivity (Wildman–Crippen MR) is 114 cm³/mol. The third kappa shape index (κ3) is 5.54. The predicted octanol–water partition coefficient (Wildman–Crippen LogP) is 5.00. The SMILES string of the molecule is Cc1ccc(-c2nnc(SCC(=O)c3ccc(NC(=O)C(C)(C)C)cc3)o2)cc1. The minimum atomic E-state index is -0.480. The number of Topliss-reactive ketones (excluding diaryl/α,β-unsaturated/α-hetero) is 1. The van der Waals surface area contributed by atoms with Gasteiger partial charge in [-0.25, -0.2) is 0 Å². The molecule has 0 aliphatic heterocycles. The summed E-state index contributed by atoms with van der Waals surface area (Å²) in [4.78, 5) is 24.5. The molecule has 0 spiro atoms. The van der Waals surface area contributed by atoms with Crippen LogP contribution in [0.25, 0.3) is 11.5 Å². The van der Waals surface area contributed by atoms with E-state index in [2.05, 4.69) is 15.5 Å². The molecule has 0 unspecified atom stereocenters. The van der Waals surface area contributed by atoms with Gasteiger partial charge in [0.15, 0.2) is 5.78 Å². The number of hydrogen-bond donors (Lipinski definition) is 1. The van der Waals surface area contributed by atoms with Crippen molar-refractivity contribution >= 4 is 29.1 Å². The van der Waals surface area contributed by atoms with Crippen molar-refractivity contribution in [2.45, 2.75) is 32.9 Å². The van der Waals surface area contributed by atoms with Crippen molar-refractivity contribution in [1.82, 2.24) is 10.2 Å². The molecule has 0 atom stereocenters. The fourth-order valence-corrected chi connectivity index (χ4v) is 3.01. The lowest BCUT2D eigenvalue weighted by atomic mass is 9.95. The molecule has 0 aliphatic rings. The quantitative estimate of drug-likeness (QED) is 0.455. The normalized spacial score (nSPS) is 11.3. The highest BCUT2D eigenvalue weighted by Gasteiger charge is 2.21. The summed E-state index contributed by atoms with van der Waals surface area (Å²) >= 11 is 1.20. The first-order valence-corrected chi connectivity index (χ1v) is 10.2. The van der Waals surface area contributed by atoms with Gasteiger partial charge in [-0.15, -0.1) is 10.2 Å². The van der Waals surface area contributed by atoms with Gasteiger partial charge in [-0.1, -0.05) is 50.2 Å². The van der Waals surface area contributed by atoms with E-state index in [1.165, 1.54) is 11.8 Å². The fraction of sp³-hybridized carbons (Fsp3) is 0.273. The number of carbonyl (C=O) groups is 2. The van der Waals surface area contributed by atoms with Crippen LogP contribution in [0.3, 0.4) is 0 Å². The van der Waals surface area contributed by atoms with E-state index < -0.39 is 5.41 Å². The van der Waals surface area contributed by atoms with Crippen LogP contribution in [0.2, 0.25) is 0 Å². The van der Waals surface area contributed by atoms with Crippen LogP contribution in [0.5, 0.6) is 0 Å². The standard InChI is InChI=1S/C22H23N3O3S/c1-14-5-7-16(8-6-14)19-24-25-21(28-19)29-13-18(26)15-9-11-17(12-10-15)23-20(27)22(2,3)4/h5-12H,13H2,1-4H3,(H,23,27). The summed E-state index contributed by atoms with van der Waals surface area (Å²) in [5.41, 5.74) is 2.73. The molecule has 29 heavy (non-hydrogen) atoms. The Kier molecular flexibility index (Phi) is 6.17. The molecule has 2 aromatic carbocycles. The maximum atomic E-state index is 12.4. The number of aromatic nitrogens is 2. The molecule has 3 rings (SSSR count). The van der Waals surface area contributed by atoms with Crippen LogP contribution >= 0.6 is 11.8 Å². The van der Waals surface area contributed by atoms with Crippen molar-refractivity contribution in [1.29, 1.82) is 0 Å². The monoisotopic (exact) mass is 409 g/mol. The molecule has 6 nitrogen and oxygen atoms in total. The van der Waals surface area contributed by atoms with Crippen LogP contribution in [0, 0.1) is 12.3 Å². The number of ketones is 1. The van der Waals surface area contributed by atoms with Crippen molar-refractivity contribution < 1.29 is 14.0 Å². The van der Waals surface area contributed by atoms with Gasteiger partial charge in [0.25, 0.3) is 5.22 Å². The molecule has 150 valence electrons. The summed E-state index contributed by atoms with van der Waals surface area (Å²) < 4.78 is 5.63. The fourth-order valence-electron chi connectivity index (χ4n) is 2.35. The van der Waals surface area contributed by atoms with Crippen LogP contribution in [0.1, 0.15) is 36.7 Å². The second-order valence-corrected chi connectivity index (χ2v) is 8.66. The molecule has 7 heteroatoms. The van der Waals surface area contributed by atoms with Gasteiger partial charge in [-0.05, 0) is 43.3 Å². The molecule has 0 fully saturated rings. The van der Waals surface area contributed by atoms with Crippen molar-refractivity contribution in [2.24, 2.45) is 5.41 Å². The van der Waals surface area contributed by atoms with E-state index in [1.54, 1.807) is 24.3 Å². The molecule has 0 saturated heterocycles. The number of nitrogens with one attached hydrogen (secondary N) is 1. The van der Waals surface area contributed by atoms with Gasteiger partial charge in [-0.3, -0.25) is 9.59 Å². The third-order valence-corrected chi connectivity index (χ3v) is 5.00. The highest BCUT2D eigenvalue weighted by atomic mass is 32.2. The van der Waals surface area contributed by atoms with E-state index in [-0.39, 0.29) is 17.4 Å². The van der Waals surface area contributed by atoms with E-state index in [0.29, 0.717) is 22.4 Å². The minimum absolute atomic E-state index is 0.0567. The largest absolute Gasteiger partial charge is 0.411 e. The van der Waals surface area contributed by atoms with E-state index >= 15 is 0 Å².